The third-order valence-corrected chi connectivity index (χ3v) is 1.70. The van der Waals surface area contributed by atoms with Crippen LogP contribution < -0.4 is 5.14 Å². The first kappa shape index (κ1) is 7.58. The molecule has 4 heteroatoms. The van der Waals surface area contributed by atoms with Crippen molar-refractivity contribution in [3.05, 3.63) is 0 Å². The lowest BCUT2D eigenvalue weighted by atomic mass is 10.4. The van der Waals surface area contributed by atoms with Crippen LogP contribution in [0.3, 0.4) is 0 Å². The monoisotopic (exact) mass is 159 g/mol. The van der Waals surface area contributed by atoms with E-state index in [0.717, 1.165) is 12.8 Å². The Morgan fingerprint density at radius 3 is 2.50 bits per heavy atom. The van der Waals surface area contributed by atoms with Crippen LogP contribution in [0.15, 0.2) is 0 Å². The summed E-state index contributed by atoms with van der Waals surface area (Å²) in [6, 6.07) is 0. The van der Waals surface area contributed by atoms with E-state index in [4.69, 9.17) is 5.14 Å². The molecule has 3 nitrogen and oxygen atoms in total. The molecule has 1 fully saturated rings. The van der Waals surface area contributed by atoms with Crippen molar-refractivity contribution < 1.29 is 8.42 Å². The van der Waals surface area contributed by atoms with Crippen LogP contribution in [0.1, 0.15) is 12.8 Å². The fraction of sp³-hybridized carbons (Fsp3) is 0.667. The van der Waals surface area contributed by atoms with Gasteiger partial charge in [0, 0.05) is 5.92 Å². The highest BCUT2D eigenvalue weighted by molar-refractivity contribution is 7.89. The SMILES string of the molecule is NS(=O)(=O)CC#CC1CC1. The Morgan fingerprint density at radius 2 is 2.10 bits per heavy atom. The third-order valence-electron chi connectivity index (χ3n) is 1.16. The molecular formula is C6H9NO2S. The Hall–Kier alpha value is -0.530. The van der Waals surface area contributed by atoms with Gasteiger partial charge in [0.15, 0.2) is 0 Å². The Kier molecular flexibility index (Phi) is 1.97. The van der Waals surface area contributed by atoms with Crippen LogP contribution in [-0.2, 0) is 10.0 Å². The molecule has 0 aliphatic heterocycles. The Morgan fingerprint density at radius 1 is 1.50 bits per heavy atom. The van der Waals surface area contributed by atoms with Gasteiger partial charge < -0.3 is 0 Å². The lowest BCUT2D eigenvalue weighted by molar-refractivity contribution is 0.601. The van der Waals surface area contributed by atoms with Crippen LogP contribution in [0.25, 0.3) is 0 Å². The van der Waals surface area contributed by atoms with Gasteiger partial charge in [-0.25, -0.2) is 13.6 Å². The second kappa shape index (κ2) is 2.60. The van der Waals surface area contributed by atoms with Crippen LogP contribution in [-0.4, -0.2) is 14.2 Å². The van der Waals surface area contributed by atoms with Crippen LogP contribution >= 0.6 is 0 Å². The largest absolute Gasteiger partial charge is 0.228 e. The molecule has 0 aromatic carbocycles. The van der Waals surface area contributed by atoms with Gasteiger partial charge in [0.25, 0.3) is 0 Å². The zero-order chi connectivity index (χ0) is 7.61. The topological polar surface area (TPSA) is 60.2 Å². The standard InChI is InChI=1S/C6H9NO2S/c7-10(8,9)5-1-2-6-3-4-6/h6H,3-5H2,(H2,7,8,9). The highest BCUT2D eigenvalue weighted by atomic mass is 32.2. The van der Waals surface area contributed by atoms with Gasteiger partial charge in [0.2, 0.25) is 10.0 Å². The molecular weight excluding hydrogens is 150 g/mol. The smallest absolute Gasteiger partial charge is 0.220 e. The van der Waals surface area contributed by atoms with Gasteiger partial charge in [0.05, 0.1) is 0 Å². The van der Waals surface area contributed by atoms with Crippen molar-refractivity contribution in [1.82, 2.24) is 0 Å². The van der Waals surface area contributed by atoms with Gasteiger partial charge in [-0.15, -0.1) is 0 Å². The van der Waals surface area contributed by atoms with E-state index < -0.39 is 10.0 Å². The first-order valence-electron chi connectivity index (χ1n) is 3.07. The van der Waals surface area contributed by atoms with Gasteiger partial charge in [-0.05, 0) is 12.8 Å². The quantitative estimate of drug-likeness (QED) is 0.533. The average Bonchev–Trinajstić information content (AvgIpc) is 2.45. The van der Waals surface area contributed by atoms with Crippen molar-refractivity contribution in [3.63, 3.8) is 0 Å². The second-order valence-corrected chi connectivity index (χ2v) is 4.02. The maximum Gasteiger partial charge on any atom is 0.220 e. The molecule has 0 atom stereocenters. The number of hydrogen-bond donors (Lipinski definition) is 1. The minimum absolute atomic E-state index is 0.205. The Balaban J connectivity index is 2.35. The summed E-state index contributed by atoms with van der Waals surface area (Å²) in [5.74, 6) is 5.57. The van der Waals surface area contributed by atoms with E-state index in [-0.39, 0.29) is 5.75 Å². The molecule has 0 bridgehead atoms. The number of sulfonamides is 1. The molecule has 0 spiro atoms. The molecule has 0 heterocycles. The molecule has 1 saturated carbocycles. The predicted octanol–water partition coefficient (Wildman–Crippen LogP) is -0.312. The summed E-state index contributed by atoms with van der Waals surface area (Å²) < 4.78 is 20.6. The molecule has 56 valence electrons. The zero-order valence-electron chi connectivity index (χ0n) is 5.50. The predicted molar refractivity (Wildman–Crippen MR) is 38.5 cm³/mol. The molecule has 1 rings (SSSR count). The van der Waals surface area contributed by atoms with Crippen LogP contribution in [0.5, 0.6) is 0 Å². The van der Waals surface area contributed by atoms with Crippen molar-refractivity contribution in [2.45, 2.75) is 12.8 Å². The maximum absolute atomic E-state index is 10.3. The average molecular weight is 159 g/mol. The molecule has 0 saturated heterocycles. The zero-order valence-corrected chi connectivity index (χ0v) is 6.32. The summed E-state index contributed by atoms with van der Waals surface area (Å²) in [6.45, 7) is 0. The first-order chi connectivity index (χ1) is 4.58. The van der Waals surface area contributed by atoms with Crippen LogP contribution in [0, 0.1) is 17.8 Å². The van der Waals surface area contributed by atoms with Crippen molar-refractivity contribution in [3.8, 4) is 11.8 Å². The molecule has 0 aromatic heterocycles. The van der Waals surface area contributed by atoms with Gasteiger partial charge >= 0.3 is 0 Å². The lowest BCUT2D eigenvalue weighted by Crippen LogP contribution is -2.14. The fourth-order valence-electron chi connectivity index (χ4n) is 0.514. The first-order valence-corrected chi connectivity index (χ1v) is 4.78. The number of nitrogens with two attached hydrogens (primary N) is 1. The Labute approximate surface area is 60.7 Å². The van der Waals surface area contributed by atoms with Crippen molar-refractivity contribution in [2.75, 3.05) is 5.75 Å². The normalized spacial score (nSPS) is 17.7. The summed E-state index contributed by atoms with van der Waals surface area (Å²) in [4.78, 5) is 0. The van der Waals surface area contributed by atoms with E-state index in [1.165, 1.54) is 0 Å². The molecule has 0 amide bonds. The molecule has 10 heavy (non-hydrogen) atoms. The third kappa shape index (κ3) is 3.49. The van der Waals surface area contributed by atoms with Crippen LogP contribution in [0.4, 0.5) is 0 Å². The van der Waals surface area contributed by atoms with E-state index in [1.54, 1.807) is 0 Å². The van der Waals surface area contributed by atoms with E-state index in [9.17, 15) is 8.42 Å². The molecule has 0 unspecified atom stereocenters. The minimum atomic E-state index is -3.37. The van der Waals surface area contributed by atoms with Crippen molar-refractivity contribution in [2.24, 2.45) is 11.1 Å². The molecule has 2 N–H and O–H groups in total. The molecule has 0 radical (unpaired) electrons. The van der Waals surface area contributed by atoms with Crippen molar-refractivity contribution in [1.29, 1.82) is 0 Å². The minimum Gasteiger partial charge on any atom is -0.228 e. The summed E-state index contributed by atoms with van der Waals surface area (Å²) in [7, 11) is -3.37. The number of rotatable bonds is 1. The lowest BCUT2D eigenvalue weighted by Gasteiger charge is -1.83. The molecule has 0 aromatic rings. The fourth-order valence-corrected chi connectivity index (χ4v) is 0.799. The second-order valence-electron chi connectivity index (χ2n) is 2.40. The van der Waals surface area contributed by atoms with Crippen molar-refractivity contribution >= 4 is 10.0 Å². The molecule has 1 aliphatic carbocycles. The summed E-state index contributed by atoms with van der Waals surface area (Å²) in [6.07, 6.45) is 2.22. The van der Waals surface area contributed by atoms with Gasteiger partial charge in [-0.1, -0.05) is 11.8 Å². The summed E-state index contributed by atoms with van der Waals surface area (Å²) in [5, 5.41) is 4.71. The van der Waals surface area contributed by atoms with Crippen LogP contribution in [0.2, 0.25) is 0 Å². The highest BCUT2D eigenvalue weighted by Crippen LogP contribution is 2.27. The highest BCUT2D eigenvalue weighted by Gasteiger charge is 2.17. The molecule has 1 aliphatic rings. The summed E-state index contributed by atoms with van der Waals surface area (Å²) in [5.41, 5.74) is 0. The maximum atomic E-state index is 10.3. The summed E-state index contributed by atoms with van der Waals surface area (Å²) >= 11 is 0. The Bertz CT molecular complexity index is 266. The van der Waals surface area contributed by atoms with E-state index >= 15 is 0 Å². The van der Waals surface area contributed by atoms with E-state index in [0.29, 0.717) is 5.92 Å². The van der Waals surface area contributed by atoms with Gasteiger partial charge in [0.1, 0.15) is 5.75 Å². The number of hydrogen-bond acceptors (Lipinski definition) is 2. The van der Waals surface area contributed by atoms with E-state index in [1.807, 2.05) is 0 Å². The van der Waals surface area contributed by atoms with Gasteiger partial charge in [-0.3, -0.25) is 0 Å². The number of primary sulfonamides is 1. The van der Waals surface area contributed by atoms with Gasteiger partial charge in [-0.2, -0.15) is 0 Å². The van der Waals surface area contributed by atoms with E-state index in [2.05, 4.69) is 11.8 Å².